The van der Waals surface area contributed by atoms with Gasteiger partial charge in [0.2, 0.25) is 5.91 Å². The molecule has 8 heteroatoms. The molecule has 0 spiro atoms. The zero-order valence-corrected chi connectivity index (χ0v) is 16.5. The summed E-state index contributed by atoms with van der Waals surface area (Å²) in [5.41, 5.74) is 1.80. The van der Waals surface area contributed by atoms with Crippen LogP contribution in [0.4, 0.5) is 11.4 Å². The predicted octanol–water partition coefficient (Wildman–Crippen LogP) is 2.63. The summed E-state index contributed by atoms with van der Waals surface area (Å²) in [6.07, 6.45) is 0.482. The van der Waals surface area contributed by atoms with Crippen LogP contribution >= 0.6 is 0 Å². The number of rotatable bonds is 7. The number of amides is 2. The molecule has 0 radical (unpaired) electrons. The second-order valence-electron chi connectivity index (χ2n) is 6.75. The minimum Gasteiger partial charge on any atom is -0.479 e. The van der Waals surface area contributed by atoms with Gasteiger partial charge in [-0.2, -0.15) is 5.26 Å². The third-order valence-electron chi connectivity index (χ3n) is 4.51. The molecule has 0 saturated carbocycles. The Morgan fingerprint density at radius 1 is 1.17 bits per heavy atom. The van der Waals surface area contributed by atoms with Crippen molar-refractivity contribution in [2.24, 2.45) is 0 Å². The van der Waals surface area contributed by atoms with Crippen molar-refractivity contribution in [2.45, 2.75) is 25.9 Å². The van der Waals surface area contributed by atoms with Crippen molar-refractivity contribution < 1.29 is 23.9 Å². The molecule has 1 atom stereocenters. The maximum absolute atomic E-state index is 12.0. The number of carbonyl (C=O) groups excluding carboxylic acids is 3. The van der Waals surface area contributed by atoms with Crippen LogP contribution in [0.15, 0.2) is 48.5 Å². The number of anilines is 2. The number of hydrogen-bond donors (Lipinski definition) is 1. The number of carbonyl (C=O) groups is 3. The Labute approximate surface area is 174 Å². The number of nitriles is 1. The quantitative estimate of drug-likeness (QED) is 0.707. The molecule has 0 bridgehead atoms. The van der Waals surface area contributed by atoms with Crippen molar-refractivity contribution in [1.29, 1.82) is 5.26 Å². The molecular weight excluding hydrogens is 386 g/mol. The molecule has 0 aliphatic carbocycles. The monoisotopic (exact) mass is 407 g/mol. The van der Waals surface area contributed by atoms with Gasteiger partial charge in [-0.1, -0.05) is 0 Å². The molecule has 8 nitrogen and oxygen atoms in total. The minimum atomic E-state index is -0.914. The fourth-order valence-electron chi connectivity index (χ4n) is 2.96. The van der Waals surface area contributed by atoms with Crippen molar-refractivity contribution in [3.63, 3.8) is 0 Å². The van der Waals surface area contributed by atoms with E-state index in [1.807, 2.05) is 6.07 Å². The molecule has 1 fully saturated rings. The van der Waals surface area contributed by atoms with Gasteiger partial charge in [-0.3, -0.25) is 9.59 Å². The van der Waals surface area contributed by atoms with Crippen molar-refractivity contribution >= 4 is 29.2 Å². The van der Waals surface area contributed by atoms with E-state index < -0.39 is 24.6 Å². The zero-order chi connectivity index (χ0) is 21.5. The van der Waals surface area contributed by atoms with Gasteiger partial charge < -0.3 is 19.7 Å². The Hall–Kier alpha value is -3.86. The average Bonchev–Trinajstić information content (AvgIpc) is 3.19. The van der Waals surface area contributed by atoms with E-state index in [0.717, 1.165) is 12.1 Å². The van der Waals surface area contributed by atoms with Gasteiger partial charge in [0.25, 0.3) is 5.91 Å². The first kappa shape index (κ1) is 20.9. The van der Waals surface area contributed by atoms with Crippen LogP contribution < -0.4 is 15.0 Å². The highest BCUT2D eigenvalue weighted by atomic mass is 16.6. The molecule has 2 aromatic rings. The van der Waals surface area contributed by atoms with Crippen LogP contribution in [0, 0.1) is 11.3 Å². The Balaban J connectivity index is 1.44. The molecule has 1 aliphatic rings. The van der Waals surface area contributed by atoms with Gasteiger partial charge in [0.1, 0.15) is 5.75 Å². The summed E-state index contributed by atoms with van der Waals surface area (Å²) in [5.74, 6) is -0.660. The Bertz CT molecular complexity index is 964. The first-order valence-electron chi connectivity index (χ1n) is 9.50. The fraction of sp³-hybridized carbons (Fsp3) is 0.273. The molecular formula is C22H21N3O5. The summed E-state index contributed by atoms with van der Waals surface area (Å²) in [4.78, 5) is 37.6. The summed E-state index contributed by atoms with van der Waals surface area (Å²) >= 11 is 0. The number of ether oxygens (including phenoxy) is 2. The highest BCUT2D eigenvalue weighted by Gasteiger charge is 2.21. The normalized spacial score (nSPS) is 14.0. The largest absolute Gasteiger partial charge is 0.479 e. The Kier molecular flexibility index (Phi) is 6.65. The van der Waals surface area contributed by atoms with E-state index in [-0.39, 0.29) is 5.91 Å². The highest BCUT2D eigenvalue weighted by Crippen LogP contribution is 2.23. The number of esters is 1. The van der Waals surface area contributed by atoms with E-state index >= 15 is 0 Å². The molecule has 1 heterocycles. The predicted molar refractivity (Wildman–Crippen MR) is 109 cm³/mol. The van der Waals surface area contributed by atoms with E-state index in [2.05, 4.69) is 5.32 Å². The SMILES string of the molecule is C[C@@H](Oc1ccc(C#N)cc1)C(=O)OCC(=O)Nc1ccc(N2CCCC2=O)cc1. The number of benzene rings is 2. The summed E-state index contributed by atoms with van der Waals surface area (Å²) in [6, 6.07) is 15.2. The van der Waals surface area contributed by atoms with E-state index in [1.54, 1.807) is 53.4 Å². The Morgan fingerprint density at radius 3 is 2.47 bits per heavy atom. The Morgan fingerprint density at radius 2 is 1.87 bits per heavy atom. The summed E-state index contributed by atoms with van der Waals surface area (Å²) < 4.78 is 10.4. The van der Waals surface area contributed by atoms with Crippen LogP contribution in [0.25, 0.3) is 0 Å². The first-order valence-corrected chi connectivity index (χ1v) is 9.50. The van der Waals surface area contributed by atoms with Crippen molar-refractivity contribution in [3.05, 3.63) is 54.1 Å². The molecule has 0 unspecified atom stereocenters. The van der Waals surface area contributed by atoms with Crippen LogP contribution in [0.2, 0.25) is 0 Å². The van der Waals surface area contributed by atoms with Crippen LogP contribution in [-0.4, -0.2) is 37.0 Å². The molecule has 30 heavy (non-hydrogen) atoms. The molecule has 1 N–H and O–H groups in total. The third kappa shape index (κ3) is 5.35. The number of nitrogens with zero attached hydrogens (tertiary/aromatic N) is 2. The minimum absolute atomic E-state index is 0.0936. The average molecular weight is 407 g/mol. The summed E-state index contributed by atoms with van der Waals surface area (Å²) in [6.45, 7) is 1.76. The lowest BCUT2D eigenvalue weighted by Crippen LogP contribution is -2.29. The van der Waals surface area contributed by atoms with E-state index in [0.29, 0.717) is 30.0 Å². The molecule has 3 rings (SSSR count). The second kappa shape index (κ2) is 9.56. The van der Waals surface area contributed by atoms with E-state index in [1.165, 1.54) is 6.92 Å². The topological polar surface area (TPSA) is 109 Å². The summed E-state index contributed by atoms with van der Waals surface area (Å²) in [5, 5.41) is 11.4. The smallest absolute Gasteiger partial charge is 0.347 e. The van der Waals surface area contributed by atoms with E-state index in [9.17, 15) is 14.4 Å². The lowest BCUT2D eigenvalue weighted by atomic mass is 10.2. The number of hydrogen-bond acceptors (Lipinski definition) is 6. The number of nitrogens with one attached hydrogen (secondary N) is 1. The third-order valence-corrected chi connectivity index (χ3v) is 4.51. The maximum Gasteiger partial charge on any atom is 0.347 e. The lowest BCUT2D eigenvalue weighted by molar-refractivity contribution is -0.153. The van der Waals surface area contributed by atoms with Crippen molar-refractivity contribution in [1.82, 2.24) is 0 Å². The van der Waals surface area contributed by atoms with Gasteiger partial charge in [0.15, 0.2) is 12.7 Å². The van der Waals surface area contributed by atoms with Gasteiger partial charge in [-0.25, -0.2) is 4.79 Å². The fourth-order valence-corrected chi connectivity index (χ4v) is 2.96. The maximum atomic E-state index is 12.0. The van der Waals surface area contributed by atoms with Gasteiger partial charge in [0.05, 0.1) is 11.6 Å². The van der Waals surface area contributed by atoms with E-state index in [4.69, 9.17) is 14.7 Å². The van der Waals surface area contributed by atoms with Crippen LogP contribution in [0.3, 0.4) is 0 Å². The zero-order valence-electron chi connectivity index (χ0n) is 16.5. The van der Waals surface area contributed by atoms with Crippen LogP contribution in [0.5, 0.6) is 5.75 Å². The molecule has 2 amide bonds. The second-order valence-corrected chi connectivity index (χ2v) is 6.75. The van der Waals surface area contributed by atoms with Crippen molar-refractivity contribution in [2.75, 3.05) is 23.4 Å². The lowest BCUT2D eigenvalue weighted by Gasteiger charge is -2.16. The van der Waals surface area contributed by atoms with Crippen LogP contribution in [-0.2, 0) is 19.1 Å². The summed E-state index contributed by atoms with van der Waals surface area (Å²) in [7, 11) is 0. The molecule has 0 aromatic heterocycles. The van der Waals surface area contributed by atoms with Crippen LogP contribution in [0.1, 0.15) is 25.3 Å². The van der Waals surface area contributed by atoms with Crippen molar-refractivity contribution in [3.8, 4) is 11.8 Å². The standard InChI is InChI=1S/C22H21N3O5/c1-15(30-19-10-4-16(13-23)5-11-19)22(28)29-14-20(26)24-17-6-8-18(9-7-17)25-12-2-3-21(25)27/h4-11,15H,2-3,12,14H2,1H3,(H,24,26)/t15-/m1/s1. The first-order chi connectivity index (χ1) is 14.5. The van der Waals surface area contributed by atoms with Gasteiger partial charge >= 0.3 is 5.97 Å². The van der Waals surface area contributed by atoms with Gasteiger partial charge in [-0.05, 0) is 61.9 Å². The molecule has 1 saturated heterocycles. The highest BCUT2D eigenvalue weighted by molar-refractivity contribution is 5.96. The molecule has 1 aliphatic heterocycles. The van der Waals surface area contributed by atoms with Gasteiger partial charge in [0, 0.05) is 24.3 Å². The molecule has 154 valence electrons. The molecule has 2 aromatic carbocycles. The van der Waals surface area contributed by atoms with Gasteiger partial charge in [-0.15, -0.1) is 0 Å².